The topological polar surface area (TPSA) is 101 Å². The van der Waals surface area contributed by atoms with Gasteiger partial charge in [0.25, 0.3) is 0 Å². The summed E-state index contributed by atoms with van der Waals surface area (Å²) >= 11 is 0. The fourth-order valence-electron chi connectivity index (χ4n) is 1.33. The van der Waals surface area contributed by atoms with Gasteiger partial charge in [-0.3, -0.25) is 5.32 Å². The number of rotatable bonds is 4. The minimum Gasteiger partial charge on any atom is -0.465 e. The number of hydrogen-bond acceptors (Lipinski definition) is 3. The van der Waals surface area contributed by atoms with E-state index in [-0.39, 0.29) is 5.92 Å². The summed E-state index contributed by atoms with van der Waals surface area (Å²) in [5.41, 5.74) is 12.7. The first kappa shape index (κ1) is 11.5. The number of nitrogens with one attached hydrogen (secondary N) is 1. The molecule has 15 heavy (non-hydrogen) atoms. The second kappa shape index (κ2) is 5.33. The normalized spacial score (nSPS) is 10.3. The van der Waals surface area contributed by atoms with Gasteiger partial charge < -0.3 is 16.6 Å². The van der Waals surface area contributed by atoms with Gasteiger partial charge in [-0.25, -0.2) is 4.79 Å². The third-order valence-corrected chi connectivity index (χ3v) is 2.20. The first-order chi connectivity index (χ1) is 7.17. The molecule has 0 heterocycles. The number of anilines is 1. The second-order valence-corrected chi connectivity index (χ2v) is 3.22. The lowest BCUT2D eigenvalue weighted by atomic mass is 9.99. The average molecular weight is 209 g/mol. The fourth-order valence-corrected chi connectivity index (χ4v) is 1.33. The van der Waals surface area contributed by atoms with Crippen LogP contribution in [-0.2, 0) is 0 Å². The van der Waals surface area contributed by atoms with Crippen molar-refractivity contribution in [3.8, 4) is 0 Å². The van der Waals surface area contributed by atoms with Crippen molar-refractivity contribution in [2.75, 3.05) is 18.4 Å². The molecule has 1 aromatic carbocycles. The van der Waals surface area contributed by atoms with E-state index in [1.165, 1.54) is 0 Å². The smallest absolute Gasteiger partial charge is 0.409 e. The van der Waals surface area contributed by atoms with Crippen LogP contribution in [0.15, 0.2) is 24.3 Å². The van der Waals surface area contributed by atoms with Crippen molar-refractivity contribution in [3.63, 3.8) is 0 Å². The highest BCUT2D eigenvalue weighted by Crippen LogP contribution is 2.16. The Morgan fingerprint density at radius 1 is 1.27 bits per heavy atom. The van der Waals surface area contributed by atoms with Crippen molar-refractivity contribution in [1.82, 2.24) is 0 Å². The van der Waals surface area contributed by atoms with E-state index in [9.17, 15) is 4.79 Å². The lowest BCUT2D eigenvalue weighted by Gasteiger charge is -2.12. The van der Waals surface area contributed by atoms with Crippen LogP contribution in [0.25, 0.3) is 0 Å². The van der Waals surface area contributed by atoms with Gasteiger partial charge in [0, 0.05) is 24.7 Å². The Hall–Kier alpha value is -1.59. The molecule has 6 N–H and O–H groups in total. The summed E-state index contributed by atoms with van der Waals surface area (Å²) in [7, 11) is 0. The van der Waals surface area contributed by atoms with Crippen LogP contribution in [0.4, 0.5) is 10.5 Å². The highest BCUT2D eigenvalue weighted by atomic mass is 16.4. The molecule has 0 unspecified atom stereocenters. The Balaban J connectivity index is 2.75. The van der Waals surface area contributed by atoms with Crippen LogP contribution in [0.2, 0.25) is 0 Å². The number of nitrogens with two attached hydrogens (primary N) is 2. The Morgan fingerprint density at radius 2 is 1.80 bits per heavy atom. The molecular weight excluding hydrogens is 194 g/mol. The van der Waals surface area contributed by atoms with Crippen LogP contribution in [0, 0.1) is 0 Å². The lowest BCUT2D eigenvalue weighted by Crippen LogP contribution is -2.21. The first-order valence-electron chi connectivity index (χ1n) is 4.67. The second-order valence-electron chi connectivity index (χ2n) is 3.22. The monoisotopic (exact) mass is 209 g/mol. The maximum atomic E-state index is 10.3. The summed E-state index contributed by atoms with van der Waals surface area (Å²) in [6.07, 6.45) is -1.07. The largest absolute Gasteiger partial charge is 0.465 e. The summed E-state index contributed by atoms with van der Waals surface area (Å²) in [4.78, 5) is 10.3. The Kier molecular flexibility index (Phi) is 4.08. The number of carboxylic acid groups (broad SMARTS) is 1. The van der Waals surface area contributed by atoms with Crippen LogP contribution in [-0.4, -0.2) is 24.3 Å². The van der Waals surface area contributed by atoms with Crippen molar-refractivity contribution >= 4 is 11.8 Å². The Bertz CT molecular complexity index is 320. The van der Waals surface area contributed by atoms with Gasteiger partial charge in [-0.05, 0) is 17.7 Å². The highest BCUT2D eigenvalue weighted by Gasteiger charge is 2.07. The molecule has 0 saturated heterocycles. The van der Waals surface area contributed by atoms with Gasteiger partial charge in [0.05, 0.1) is 0 Å². The zero-order valence-electron chi connectivity index (χ0n) is 8.31. The van der Waals surface area contributed by atoms with Crippen LogP contribution < -0.4 is 16.8 Å². The van der Waals surface area contributed by atoms with Crippen LogP contribution in [0.5, 0.6) is 0 Å². The molecular formula is C10H15N3O2. The molecule has 0 aliphatic heterocycles. The molecule has 0 spiro atoms. The molecule has 0 aromatic heterocycles. The molecule has 0 aliphatic rings. The maximum Gasteiger partial charge on any atom is 0.409 e. The van der Waals surface area contributed by atoms with Crippen molar-refractivity contribution < 1.29 is 9.90 Å². The maximum absolute atomic E-state index is 10.3. The van der Waals surface area contributed by atoms with Crippen molar-refractivity contribution in [3.05, 3.63) is 29.8 Å². The lowest BCUT2D eigenvalue weighted by molar-refractivity contribution is 0.210. The minimum atomic E-state index is -1.07. The SMILES string of the molecule is NCC(CN)c1ccc(NC(=O)O)cc1. The van der Waals surface area contributed by atoms with E-state index >= 15 is 0 Å². The molecule has 0 saturated carbocycles. The Labute approximate surface area is 88.1 Å². The molecule has 5 nitrogen and oxygen atoms in total. The quantitative estimate of drug-likeness (QED) is 0.588. The zero-order valence-corrected chi connectivity index (χ0v) is 8.31. The number of carbonyl (C=O) groups is 1. The summed E-state index contributed by atoms with van der Waals surface area (Å²) in [6.45, 7) is 0.977. The van der Waals surface area contributed by atoms with Crippen molar-refractivity contribution in [2.24, 2.45) is 11.5 Å². The average Bonchev–Trinajstić information content (AvgIpc) is 2.21. The molecule has 0 fully saturated rings. The molecule has 0 atom stereocenters. The molecule has 5 heteroatoms. The highest BCUT2D eigenvalue weighted by molar-refractivity contribution is 5.82. The summed E-state index contributed by atoms with van der Waals surface area (Å²) < 4.78 is 0. The summed E-state index contributed by atoms with van der Waals surface area (Å²) in [5.74, 6) is 0.129. The van der Waals surface area contributed by atoms with Gasteiger partial charge >= 0.3 is 6.09 Å². The van der Waals surface area contributed by atoms with Crippen molar-refractivity contribution in [1.29, 1.82) is 0 Å². The van der Waals surface area contributed by atoms with Gasteiger partial charge in [0.1, 0.15) is 0 Å². The number of benzene rings is 1. The van der Waals surface area contributed by atoms with E-state index in [1.807, 2.05) is 12.1 Å². The standard InChI is InChI=1S/C10H15N3O2/c11-5-8(6-12)7-1-3-9(4-2-7)13-10(14)15/h1-4,8,13H,5-6,11-12H2,(H,14,15). The molecule has 0 bridgehead atoms. The van der Waals surface area contributed by atoms with Gasteiger partial charge in [0.15, 0.2) is 0 Å². The molecule has 1 amide bonds. The van der Waals surface area contributed by atoms with E-state index in [1.54, 1.807) is 12.1 Å². The summed E-state index contributed by atoms with van der Waals surface area (Å²) in [5, 5.41) is 10.7. The van der Waals surface area contributed by atoms with E-state index in [0.29, 0.717) is 18.8 Å². The number of amides is 1. The number of hydrogen-bond donors (Lipinski definition) is 4. The van der Waals surface area contributed by atoms with Crippen LogP contribution >= 0.6 is 0 Å². The molecule has 0 radical (unpaired) electrons. The van der Waals surface area contributed by atoms with Gasteiger partial charge in [-0.15, -0.1) is 0 Å². The minimum absolute atomic E-state index is 0.129. The van der Waals surface area contributed by atoms with E-state index < -0.39 is 6.09 Å². The van der Waals surface area contributed by atoms with Gasteiger partial charge in [-0.1, -0.05) is 12.1 Å². The predicted octanol–water partition coefficient (Wildman–Crippen LogP) is 0.778. The predicted molar refractivity (Wildman–Crippen MR) is 58.9 cm³/mol. The molecule has 1 rings (SSSR count). The first-order valence-corrected chi connectivity index (χ1v) is 4.67. The molecule has 1 aromatic rings. The summed E-state index contributed by atoms with van der Waals surface area (Å²) in [6, 6.07) is 7.05. The third kappa shape index (κ3) is 3.23. The molecule has 0 aliphatic carbocycles. The van der Waals surface area contributed by atoms with E-state index in [0.717, 1.165) is 5.56 Å². The van der Waals surface area contributed by atoms with Gasteiger partial charge in [0.2, 0.25) is 0 Å². The molecule has 82 valence electrons. The van der Waals surface area contributed by atoms with E-state index in [2.05, 4.69) is 5.32 Å². The fraction of sp³-hybridized carbons (Fsp3) is 0.300. The van der Waals surface area contributed by atoms with E-state index in [4.69, 9.17) is 16.6 Å². The van der Waals surface area contributed by atoms with Crippen LogP contribution in [0.3, 0.4) is 0 Å². The van der Waals surface area contributed by atoms with Crippen molar-refractivity contribution in [2.45, 2.75) is 5.92 Å². The van der Waals surface area contributed by atoms with Crippen LogP contribution in [0.1, 0.15) is 11.5 Å². The Morgan fingerprint density at radius 3 is 2.20 bits per heavy atom. The third-order valence-electron chi connectivity index (χ3n) is 2.20. The van der Waals surface area contributed by atoms with Gasteiger partial charge in [-0.2, -0.15) is 0 Å². The zero-order chi connectivity index (χ0) is 11.3.